The number of carbonyl (C=O) groups is 3. The van der Waals surface area contributed by atoms with Crippen LogP contribution in [0.1, 0.15) is 27.2 Å². The molecule has 1 aromatic heterocycles. The number of non-ortho nitro benzene ring substituents is 2. The minimum atomic E-state index is -0.529. The quantitative estimate of drug-likeness (QED) is 0.0703. The number of nitrogens with zero attached hydrogens (tertiary/aromatic N) is 2. The average molecular weight is 617 g/mol. The van der Waals surface area contributed by atoms with Crippen LogP contribution in [0.4, 0.5) is 22.7 Å². The van der Waals surface area contributed by atoms with E-state index in [-0.39, 0.29) is 34.8 Å². The van der Waals surface area contributed by atoms with Crippen LogP contribution in [0.5, 0.6) is 0 Å². The van der Waals surface area contributed by atoms with Gasteiger partial charge in [0.1, 0.15) is 11.5 Å². The maximum absolute atomic E-state index is 13.4. The van der Waals surface area contributed by atoms with Crippen molar-refractivity contribution in [2.24, 2.45) is 0 Å². The van der Waals surface area contributed by atoms with E-state index in [1.54, 1.807) is 54.6 Å². The first-order valence-electron chi connectivity index (χ1n) is 13.8. The van der Waals surface area contributed by atoms with Gasteiger partial charge in [-0.05, 0) is 54.1 Å². The van der Waals surface area contributed by atoms with Crippen molar-refractivity contribution in [2.75, 3.05) is 10.6 Å². The van der Waals surface area contributed by atoms with E-state index < -0.39 is 21.7 Å². The lowest BCUT2D eigenvalue weighted by atomic mass is 10.0. The normalized spacial score (nSPS) is 10.8. The van der Waals surface area contributed by atoms with Crippen molar-refractivity contribution in [3.05, 3.63) is 158 Å². The highest BCUT2D eigenvalue weighted by atomic mass is 16.6. The number of anilines is 2. The number of rotatable bonds is 11. The third kappa shape index (κ3) is 7.63. The third-order valence-electron chi connectivity index (χ3n) is 6.74. The van der Waals surface area contributed by atoms with Gasteiger partial charge in [-0.25, -0.2) is 0 Å². The second-order valence-electron chi connectivity index (χ2n) is 9.93. The van der Waals surface area contributed by atoms with Gasteiger partial charge in [0.2, 0.25) is 11.8 Å². The Bertz CT molecular complexity index is 1960. The molecule has 4 aromatic carbocycles. The van der Waals surface area contributed by atoms with Crippen molar-refractivity contribution in [3.63, 3.8) is 0 Å². The first kappa shape index (κ1) is 30.8. The van der Waals surface area contributed by atoms with Gasteiger partial charge < -0.3 is 15.1 Å². The summed E-state index contributed by atoms with van der Waals surface area (Å²) in [4.78, 5) is 59.8. The zero-order chi connectivity index (χ0) is 32.6. The molecule has 12 nitrogen and oxygen atoms in total. The van der Waals surface area contributed by atoms with Gasteiger partial charge in [0.25, 0.3) is 11.4 Å². The Kier molecular flexibility index (Phi) is 9.18. The number of hydrogen-bond acceptors (Lipinski definition) is 8. The second-order valence-corrected chi connectivity index (χ2v) is 9.93. The van der Waals surface area contributed by atoms with Crippen LogP contribution in [0.3, 0.4) is 0 Å². The molecule has 0 saturated carbocycles. The molecule has 0 aliphatic carbocycles. The van der Waals surface area contributed by atoms with Gasteiger partial charge in [-0.1, -0.05) is 42.5 Å². The summed E-state index contributed by atoms with van der Waals surface area (Å²) < 4.78 is 5.73. The molecule has 5 rings (SSSR count). The largest absolute Gasteiger partial charge is 0.457 e. The van der Waals surface area contributed by atoms with Gasteiger partial charge in [0, 0.05) is 52.7 Å². The number of nitrogens with one attached hydrogen (secondary N) is 2. The number of benzene rings is 4. The first-order valence-corrected chi connectivity index (χ1v) is 13.8. The fourth-order valence-corrected chi connectivity index (χ4v) is 4.47. The lowest BCUT2D eigenvalue weighted by Gasteiger charge is -2.13. The van der Waals surface area contributed by atoms with E-state index in [4.69, 9.17) is 4.42 Å². The molecule has 0 aliphatic heterocycles. The highest BCUT2D eigenvalue weighted by molar-refractivity contribution is 6.15. The van der Waals surface area contributed by atoms with Crippen LogP contribution >= 0.6 is 0 Å². The third-order valence-corrected chi connectivity index (χ3v) is 6.74. The van der Waals surface area contributed by atoms with Gasteiger partial charge in [0.15, 0.2) is 5.78 Å². The zero-order valence-electron chi connectivity index (χ0n) is 23.9. The Morgan fingerprint density at radius 3 is 2.04 bits per heavy atom. The van der Waals surface area contributed by atoms with E-state index in [0.29, 0.717) is 33.9 Å². The number of hydrogen-bond donors (Lipinski definition) is 2. The molecule has 2 N–H and O–H groups in total. The molecule has 5 aromatic rings. The van der Waals surface area contributed by atoms with Crippen molar-refractivity contribution in [3.8, 4) is 11.3 Å². The van der Waals surface area contributed by atoms with Crippen LogP contribution in [0.2, 0.25) is 0 Å². The van der Waals surface area contributed by atoms with E-state index in [0.717, 1.165) is 0 Å². The predicted octanol–water partition coefficient (Wildman–Crippen LogP) is 6.83. The molecule has 0 fully saturated rings. The molecule has 0 spiro atoms. The molecule has 0 radical (unpaired) electrons. The molecule has 0 atom stereocenters. The number of ketones is 1. The van der Waals surface area contributed by atoms with Crippen LogP contribution in [0, 0.1) is 20.2 Å². The highest BCUT2D eigenvalue weighted by Crippen LogP contribution is 2.26. The Morgan fingerprint density at radius 2 is 1.39 bits per heavy atom. The van der Waals surface area contributed by atoms with Crippen molar-refractivity contribution in [1.82, 2.24) is 0 Å². The molecule has 0 aliphatic rings. The molecule has 0 unspecified atom stereocenters. The van der Waals surface area contributed by atoms with E-state index in [1.165, 1.54) is 66.7 Å². The summed E-state index contributed by atoms with van der Waals surface area (Å²) in [6.45, 7) is 0. The van der Waals surface area contributed by atoms with Crippen molar-refractivity contribution in [1.29, 1.82) is 0 Å². The molecule has 46 heavy (non-hydrogen) atoms. The van der Waals surface area contributed by atoms with Gasteiger partial charge in [0.05, 0.1) is 22.0 Å². The number of nitro benzene ring substituents is 2. The minimum Gasteiger partial charge on any atom is -0.457 e. The summed E-state index contributed by atoms with van der Waals surface area (Å²) in [5.74, 6) is -0.504. The average Bonchev–Trinajstić information content (AvgIpc) is 3.54. The number of nitro groups is 2. The van der Waals surface area contributed by atoms with Crippen LogP contribution in [0.25, 0.3) is 17.4 Å². The van der Waals surface area contributed by atoms with Gasteiger partial charge >= 0.3 is 0 Å². The zero-order valence-corrected chi connectivity index (χ0v) is 23.9. The Labute approximate surface area is 261 Å². The smallest absolute Gasteiger partial charge is 0.269 e. The van der Waals surface area contributed by atoms with Crippen molar-refractivity contribution >= 4 is 46.4 Å². The molecule has 2 amide bonds. The summed E-state index contributed by atoms with van der Waals surface area (Å²) in [5.41, 5.74) is 2.08. The SMILES string of the molecule is O=C(/C=C/c1ccc(-c2ccc([N+](=O)[O-])cc2)o1)Nc1ccc(NC(=O)Cc2ccc([N+](=O)[O-])cc2)c(C(=O)c2ccccc2)c1. The summed E-state index contributed by atoms with van der Waals surface area (Å²) in [7, 11) is 0. The first-order chi connectivity index (χ1) is 22.2. The lowest BCUT2D eigenvalue weighted by Crippen LogP contribution is -2.18. The molecule has 1 heterocycles. The second kappa shape index (κ2) is 13.7. The fourth-order valence-electron chi connectivity index (χ4n) is 4.47. The number of furan rings is 1. The van der Waals surface area contributed by atoms with Crippen LogP contribution < -0.4 is 10.6 Å². The Balaban J connectivity index is 1.30. The van der Waals surface area contributed by atoms with Crippen molar-refractivity contribution < 1.29 is 28.6 Å². The maximum Gasteiger partial charge on any atom is 0.269 e. The molecule has 228 valence electrons. The predicted molar refractivity (Wildman–Crippen MR) is 170 cm³/mol. The van der Waals surface area contributed by atoms with E-state index in [9.17, 15) is 34.6 Å². The standard InChI is InChI=1S/C34H24N4O8/c39-32(19-16-28-15-18-31(46-28)23-8-13-27(14-9-23)38(44)45)35-25-10-17-30(29(21-25)34(41)24-4-2-1-3-5-24)36-33(40)20-22-6-11-26(12-7-22)37(42)43/h1-19,21H,20H2,(H,35,39)(H,36,40)/b19-16+. The molecular formula is C34H24N4O8. The minimum absolute atomic E-state index is 0.0432. The maximum atomic E-state index is 13.4. The van der Waals surface area contributed by atoms with Gasteiger partial charge in [-0.3, -0.25) is 34.6 Å². The topological polar surface area (TPSA) is 175 Å². The van der Waals surface area contributed by atoms with E-state index >= 15 is 0 Å². The van der Waals surface area contributed by atoms with E-state index in [1.807, 2.05) is 0 Å². The van der Waals surface area contributed by atoms with Crippen LogP contribution in [0.15, 0.2) is 120 Å². The lowest BCUT2D eigenvalue weighted by molar-refractivity contribution is -0.385. The van der Waals surface area contributed by atoms with Gasteiger partial charge in [-0.2, -0.15) is 0 Å². The monoisotopic (exact) mass is 616 g/mol. The van der Waals surface area contributed by atoms with Gasteiger partial charge in [-0.15, -0.1) is 0 Å². The fraction of sp³-hybridized carbons (Fsp3) is 0.0294. The molecule has 12 heteroatoms. The van der Waals surface area contributed by atoms with Crippen molar-refractivity contribution in [2.45, 2.75) is 6.42 Å². The Morgan fingerprint density at radius 1 is 0.739 bits per heavy atom. The number of carbonyl (C=O) groups excluding carboxylic acids is 3. The number of amides is 2. The summed E-state index contributed by atoms with van der Waals surface area (Å²) in [5, 5.41) is 27.2. The Hall–Kier alpha value is -6.69. The highest BCUT2D eigenvalue weighted by Gasteiger charge is 2.18. The molecule has 0 saturated heterocycles. The van der Waals surface area contributed by atoms with Crippen LogP contribution in [-0.2, 0) is 16.0 Å². The summed E-state index contributed by atoms with van der Waals surface area (Å²) in [6.07, 6.45) is 2.61. The van der Waals surface area contributed by atoms with Crippen LogP contribution in [-0.4, -0.2) is 27.4 Å². The molecular weight excluding hydrogens is 592 g/mol. The summed E-state index contributed by atoms with van der Waals surface area (Å²) >= 11 is 0. The summed E-state index contributed by atoms with van der Waals surface area (Å²) in [6, 6.07) is 27.7. The van der Waals surface area contributed by atoms with E-state index in [2.05, 4.69) is 10.6 Å². The molecule has 0 bridgehead atoms.